The number of sulfonamides is 1. The van der Waals surface area contributed by atoms with Gasteiger partial charge in [-0.1, -0.05) is 26.1 Å². The predicted molar refractivity (Wildman–Crippen MR) is 67.3 cm³/mol. The summed E-state index contributed by atoms with van der Waals surface area (Å²) in [5.41, 5.74) is 5.47. The van der Waals surface area contributed by atoms with E-state index in [0.29, 0.717) is 18.1 Å². The Morgan fingerprint density at radius 2 is 1.87 bits per heavy atom. The molecular formula is C9H20N2O2S2. The molecule has 0 rings (SSSR count). The van der Waals surface area contributed by atoms with Crippen molar-refractivity contribution in [2.24, 2.45) is 11.7 Å². The second kappa shape index (κ2) is 5.77. The Bertz CT molecular complexity index is 312. The van der Waals surface area contributed by atoms with Crippen LogP contribution in [0, 0.1) is 5.92 Å². The van der Waals surface area contributed by atoms with E-state index in [4.69, 9.17) is 18.0 Å². The molecule has 1 unspecified atom stereocenters. The Kier molecular flexibility index (Phi) is 5.69. The lowest BCUT2D eigenvalue weighted by Crippen LogP contribution is -2.41. The first-order valence-corrected chi connectivity index (χ1v) is 6.92. The van der Waals surface area contributed by atoms with Crippen LogP contribution in [-0.4, -0.2) is 36.1 Å². The molecule has 0 amide bonds. The maximum atomic E-state index is 11.9. The lowest BCUT2D eigenvalue weighted by Gasteiger charge is -2.25. The predicted octanol–water partition coefficient (Wildman–Crippen LogP) is 0.969. The molecule has 0 aliphatic carbocycles. The number of nitrogens with zero attached hydrogens (tertiary/aromatic N) is 1. The van der Waals surface area contributed by atoms with Gasteiger partial charge in [0.1, 0.15) is 0 Å². The molecule has 0 spiro atoms. The smallest absolute Gasteiger partial charge is 0.216 e. The molecule has 0 aromatic rings. The van der Waals surface area contributed by atoms with Gasteiger partial charge in [-0.25, -0.2) is 12.7 Å². The second-order valence-corrected chi connectivity index (χ2v) is 6.81. The van der Waals surface area contributed by atoms with Gasteiger partial charge >= 0.3 is 0 Å². The van der Waals surface area contributed by atoms with Gasteiger partial charge in [-0.05, 0) is 13.8 Å². The van der Waals surface area contributed by atoms with Crippen LogP contribution in [0.5, 0.6) is 0 Å². The van der Waals surface area contributed by atoms with Gasteiger partial charge in [-0.15, -0.1) is 0 Å². The number of thiocarbonyl (C=S) groups is 1. The van der Waals surface area contributed by atoms with Crippen LogP contribution < -0.4 is 5.73 Å². The van der Waals surface area contributed by atoms with Crippen LogP contribution in [0.3, 0.4) is 0 Å². The fraction of sp³-hybridized carbons (Fsp3) is 0.889. The molecule has 0 fully saturated rings. The highest BCUT2D eigenvalue weighted by molar-refractivity contribution is 7.89. The van der Waals surface area contributed by atoms with Crippen molar-refractivity contribution in [2.75, 3.05) is 13.1 Å². The molecule has 0 heterocycles. The first kappa shape index (κ1) is 14.8. The summed E-state index contributed by atoms with van der Waals surface area (Å²) < 4.78 is 25.2. The summed E-state index contributed by atoms with van der Waals surface area (Å²) in [7, 11) is -3.20. The van der Waals surface area contributed by atoms with Crippen molar-refractivity contribution in [3.63, 3.8) is 0 Å². The van der Waals surface area contributed by atoms with E-state index in [2.05, 4.69) is 0 Å². The highest BCUT2D eigenvalue weighted by Gasteiger charge is 2.26. The molecular weight excluding hydrogens is 232 g/mol. The molecule has 0 bridgehead atoms. The zero-order chi connectivity index (χ0) is 12.2. The second-order valence-electron chi connectivity index (χ2n) is 3.85. The van der Waals surface area contributed by atoms with E-state index in [-0.39, 0.29) is 5.92 Å². The molecule has 6 heteroatoms. The van der Waals surface area contributed by atoms with Crippen molar-refractivity contribution >= 4 is 27.2 Å². The molecule has 15 heavy (non-hydrogen) atoms. The Morgan fingerprint density at radius 1 is 1.40 bits per heavy atom. The van der Waals surface area contributed by atoms with E-state index >= 15 is 0 Å². The van der Waals surface area contributed by atoms with E-state index in [1.807, 2.05) is 13.8 Å². The van der Waals surface area contributed by atoms with Crippen LogP contribution in [-0.2, 0) is 10.0 Å². The molecule has 4 nitrogen and oxygen atoms in total. The number of nitrogens with two attached hydrogens (primary N) is 1. The summed E-state index contributed by atoms with van der Waals surface area (Å²) in [5, 5.41) is -0.406. The summed E-state index contributed by atoms with van der Waals surface area (Å²) in [5.74, 6) is -0.0894. The van der Waals surface area contributed by atoms with Crippen LogP contribution in [0.2, 0.25) is 0 Å². The molecule has 1 atom stereocenters. The van der Waals surface area contributed by atoms with Crippen LogP contribution in [0.4, 0.5) is 0 Å². The van der Waals surface area contributed by atoms with Crippen molar-refractivity contribution in [3.05, 3.63) is 0 Å². The van der Waals surface area contributed by atoms with Crippen molar-refractivity contribution in [3.8, 4) is 0 Å². The molecule has 0 aromatic carbocycles. The summed E-state index contributed by atoms with van der Waals surface area (Å²) in [4.78, 5) is 0.354. The highest BCUT2D eigenvalue weighted by Crippen LogP contribution is 2.11. The summed E-state index contributed by atoms with van der Waals surface area (Å²) >= 11 is 4.83. The third-order valence-electron chi connectivity index (χ3n) is 2.27. The molecule has 0 radical (unpaired) electrons. The van der Waals surface area contributed by atoms with Gasteiger partial charge in [0.25, 0.3) is 0 Å². The fourth-order valence-electron chi connectivity index (χ4n) is 1.11. The van der Waals surface area contributed by atoms with Crippen molar-refractivity contribution < 1.29 is 8.42 Å². The van der Waals surface area contributed by atoms with Crippen LogP contribution >= 0.6 is 12.2 Å². The standard InChI is InChI=1S/C9H20N2O2S2/c1-5-11(6-8(4)9(10)14)15(12,13)7(2)3/h7-8H,5-6H2,1-4H3,(H2,10,14). The zero-order valence-corrected chi connectivity index (χ0v) is 11.4. The van der Waals surface area contributed by atoms with Gasteiger partial charge in [-0.3, -0.25) is 0 Å². The van der Waals surface area contributed by atoms with Gasteiger partial charge in [0.2, 0.25) is 10.0 Å². The van der Waals surface area contributed by atoms with Crippen molar-refractivity contribution in [2.45, 2.75) is 32.9 Å². The largest absolute Gasteiger partial charge is 0.393 e. The lowest BCUT2D eigenvalue weighted by molar-refractivity contribution is 0.401. The fourth-order valence-corrected chi connectivity index (χ4v) is 2.57. The minimum absolute atomic E-state index is 0.0894. The van der Waals surface area contributed by atoms with Gasteiger partial charge < -0.3 is 5.73 Å². The first-order valence-electron chi connectivity index (χ1n) is 5.01. The SMILES string of the molecule is CCN(CC(C)C(N)=S)S(=O)(=O)C(C)C. The normalized spacial score (nSPS) is 14.5. The van der Waals surface area contributed by atoms with Crippen molar-refractivity contribution in [1.29, 1.82) is 0 Å². The monoisotopic (exact) mass is 252 g/mol. The van der Waals surface area contributed by atoms with Crippen LogP contribution in [0.25, 0.3) is 0 Å². The third-order valence-corrected chi connectivity index (χ3v) is 4.99. The Morgan fingerprint density at radius 3 is 2.13 bits per heavy atom. The minimum Gasteiger partial charge on any atom is -0.393 e. The van der Waals surface area contributed by atoms with Crippen LogP contribution in [0.15, 0.2) is 0 Å². The highest BCUT2D eigenvalue weighted by atomic mass is 32.2. The maximum absolute atomic E-state index is 11.9. The Hall–Kier alpha value is -0.200. The average Bonchev–Trinajstić information content (AvgIpc) is 2.12. The van der Waals surface area contributed by atoms with Gasteiger partial charge in [0, 0.05) is 19.0 Å². The van der Waals surface area contributed by atoms with Gasteiger partial charge in [0.15, 0.2) is 0 Å². The Labute approximate surface area is 97.9 Å². The van der Waals surface area contributed by atoms with E-state index in [1.165, 1.54) is 4.31 Å². The molecule has 2 N–H and O–H groups in total. The minimum atomic E-state index is -3.20. The Balaban J connectivity index is 4.72. The quantitative estimate of drug-likeness (QED) is 0.715. The first-order chi connectivity index (χ1) is 6.73. The zero-order valence-electron chi connectivity index (χ0n) is 9.73. The molecule has 0 aromatic heterocycles. The molecule has 0 aliphatic heterocycles. The number of rotatable bonds is 6. The summed E-state index contributed by atoms with van der Waals surface area (Å²) in [6, 6.07) is 0. The maximum Gasteiger partial charge on any atom is 0.216 e. The van der Waals surface area contributed by atoms with E-state index in [0.717, 1.165) is 0 Å². The molecule has 0 saturated carbocycles. The van der Waals surface area contributed by atoms with Gasteiger partial charge in [-0.2, -0.15) is 0 Å². The molecule has 0 saturated heterocycles. The van der Waals surface area contributed by atoms with E-state index in [1.54, 1.807) is 13.8 Å². The summed E-state index contributed by atoms with van der Waals surface area (Å²) in [6.07, 6.45) is 0. The van der Waals surface area contributed by atoms with Gasteiger partial charge in [0.05, 0.1) is 10.2 Å². The summed E-state index contributed by atoms with van der Waals surface area (Å²) in [6.45, 7) is 7.81. The third kappa shape index (κ3) is 4.04. The van der Waals surface area contributed by atoms with E-state index < -0.39 is 15.3 Å². The topological polar surface area (TPSA) is 63.4 Å². The molecule has 90 valence electrons. The number of hydrogen-bond donors (Lipinski definition) is 1. The van der Waals surface area contributed by atoms with E-state index in [9.17, 15) is 8.42 Å². The van der Waals surface area contributed by atoms with Crippen LogP contribution in [0.1, 0.15) is 27.7 Å². The van der Waals surface area contributed by atoms with Crippen molar-refractivity contribution in [1.82, 2.24) is 4.31 Å². The number of hydrogen-bond acceptors (Lipinski definition) is 3. The average molecular weight is 252 g/mol. The lowest BCUT2D eigenvalue weighted by atomic mass is 10.2. The molecule has 0 aliphatic rings.